The average molecular weight is 1910 g/mol. The highest BCUT2D eigenvalue weighted by molar-refractivity contribution is 9.09. The van der Waals surface area contributed by atoms with Gasteiger partial charge < -0.3 is 157 Å². The summed E-state index contributed by atoms with van der Waals surface area (Å²) in [4.78, 5) is 73.3. The van der Waals surface area contributed by atoms with Crippen LogP contribution in [0.3, 0.4) is 0 Å². The first-order valence-electron chi connectivity index (χ1n) is 44.3. The standard InChI is InChI=1S/C81H135BrN14O33/c1-57(97)84-66-69(103)72(106)79(54-124-75(66)127-79)51-118-38-35-115-28-25-110-22-12-21-109-20-11-17-94-42-60(88-91-94)45-121-48-78(87-64(101)15-9-5-4-7-13-63(100)14-8-6-10-16-83-65(102)41-82,49-122-46-61-43-95(92-89-61)18-23-111-26-29-113-31-33-116-36-39-119-52-80-55-125-76(128-80)67(85-58(2)98)70(104)73(80)107)50-123-47-62-44-96(93-90-62)19-24-112-27-30-114-32-34-117-37-40-120-53-81-56-126-77(129-81)68(86-59(3)99)71(105)74(81)108/h42-44,66-77,103-108H,4-41,45-56H2,1-3H3,(H,83,102)(H,84,97)(H,85,98)(H,86,99)(H,87,101)/t66-,67-,68-,69-,70-,71-,72-,73-,74-,75+,76+,77+,79+,80+,81+/m1/s1. The Kier molecular flexibility index (Phi) is 48.1. The van der Waals surface area contributed by atoms with Crippen LogP contribution >= 0.6 is 15.9 Å². The first-order valence-corrected chi connectivity index (χ1v) is 45.4. The number of aliphatic hydroxyl groups excluding tert-OH is 6. The minimum Gasteiger partial charge on any atom is -0.388 e. The van der Waals surface area contributed by atoms with E-state index < -0.39 is 108 Å². The molecule has 9 rings (SSSR count). The predicted octanol–water partition coefficient (Wildman–Crippen LogP) is -3.72. The van der Waals surface area contributed by atoms with Gasteiger partial charge in [0.1, 0.15) is 100.0 Å². The van der Waals surface area contributed by atoms with Gasteiger partial charge in [-0.25, -0.2) is 9.36 Å². The lowest BCUT2D eigenvalue weighted by molar-refractivity contribution is -0.238. The number of rotatable bonds is 74. The molecule has 734 valence electrons. The zero-order chi connectivity index (χ0) is 92.0. The van der Waals surface area contributed by atoms with Gasteiger partial charge in [0.25, 0.3) is 0 Å². The molecule has 0 unspecified atom stereocenters. The van der Waals surface area contributed by atoms with E-state index in [4.69, 9.17) is 99.5 Å². The lowest BCUT2D eigenvalue weighted by Gasteiger charge is -2.42. The summed E-state index contributed by atoms with van der Waals surface area (Å²) in [6.45, 7) is 11.6. The molecule has 0 saturated carbocycles. The maximum absolute atomic E-state index is 14.2. The van der Waals surface area contributed by atoms with Crippen LogP contribution in [0.2, 0.25) is 0 Å². The number of aliphatic hydroxyl groups is 6. The second-order valence-corrected chi connectivity index (χ2v) is 33.0. The SMILES string of the molecule is CC(=O)N[C@H]1[C@H]2OC[C@](COCCOCCOCCCOCCCn3cc(COCC(COCc4cn(CCOCCOCCOCCOC[C@@]56CO[C@@H](O5)[C@H](NC(C)=O)[C@@H](O)[C@H]6O)nn4)(COCc4cn(CCOCCOCCOCCOC[C@@]56CO[C@@H](O5)[C@H](NC(C)=O)[C@@H](O)[C@H]6O)nn4)NC(=O)CCCCCCC(=O)CCCCCNC(=O)CBr)nn3)(O2)[C@H](O)[C@@H]1O. The molecule has 6 aliphatic heterocycles. The number of alkyl halides is 1. The third kappa shape index (κ3) is 36.5. The van der Waals surface area contributed by atoms with Crippen LogP contribution in [0.1, 0.15) is 115 Å². The van der Waals surface area contributed by atoms with Crippen LogP contribution in [0.25, 0.3) is 0 Å². The monoisotopic (exact) mass is 1910 g/mol. The van der Waals surface area contributed by atoms with Crippen LogP contribution < -0.4 is 26.6 Å². The molecule has 6 saturated heterocycles. The van der Waals surface area contributed by atoms with Gasteiger partial charge in [-0.3, -0.25) is 33.4 Å². The molecule has 6 aliphatic rings. The highest BCUT2D eigenvalue weighted by Gasteiger charge is 2.62. The van der Waals surface area contributed by atoms with Crippen LogP contribution in [0.5, 0.6) is 0 Å². The van der Waals surface area contributed by atoms with Gasteiger partial charge in [-0.05, 0) is 38.5 Å². The molecule has 3 aromatic rings. The lowest BCUT2D eigenvalue weighted by atomic mass is 9.88. The van der Waals surface area contributed by atoms with Gasteiger partial charge >= 0.3 is 0 Å². The van der Waals surface area contributed by atoms with Crippen molar-refractivity contribution in [3.63, 3.8) is 0 Å². The Hall–Kier alpha value is -6.16. The van der Waals surface area contributed by atoms with Gasteiger partial charge in [0.2, 0.25) is 29.5 Å². The highest BCUT2D eigenvalue weighted by atomic mass is 79.9. The summed E-state index contributed by atoms with van der Waals surface area (Å²) < 4.78 is 127. The molecule has 6 fully saturated rings. The summed E-state index contributed by atoms with van der Waals surface area (Å²) in [6, 6.07) is -2.72. The number of hydrogen-bond donors (Lipinski definition) is 11. The first-order chi connectivity index (χ1) is 62.5. The summed E-state index contributed by atoms with van der Waals surface area (Å²) in [5, 5.41) is 104. The number of Topliss-reactive ketones (excluding diaryl/α,β-unsaturated/α-hetero) is 1. The van der Waals surface area contributed by atoms with E-state index in [9.17, 15) is 59.4 Å². The van der Waals surface area contributed by atoms with Crippen LogP contribution in [0, 0.1) is 0 Å². The molecule has 0 radical (unpaired) electrons. The van der Waals surface area contributed by atoms with Crippen molar-refractivity contribution >= 4 is 51.2 Å². The minimum absolute atomic E-state index is 0.00450. The minimum atomic E-state index is -1.35. The molecule has 9 heterocycles. The molecular weight excluding hydrogens is 1780 g/mol. The van der Waals surface area contributed by atoms with Gasteiger partial charge in [0.15, 0.2) is 18.9 Å². The molecule has 3 aromatic heterocycles. The van der Waals surface area contributed by atoms with Gasteiger partial charge in [-0.1, -0.05) is 50.8 Å². The Bertz CT molecular complexity index is 3570. The highest BCUT2D eigenvalue weighted by Crippen LogP contribution is 2.40. The molecule has 5 amide bonds. The smallest absolute Gasteiger partial charge is 0.230 e. The Balaban J connectivity index is 0.697. The van der Waals surface area contributed by atoms with Gasteiger partial charge in [-0.2, -0.15) is 0 Å². The fraction of sp³-hybridized carbons (Fsp3) is 0.852. The van der Waals surface area contributed by atoms with Gasteiger partial charge in [0, 0.05) is 72.9 Å². The Morgan fingerprint density at radius 1 is 0.395 bits per heavy atom. The first kappa shape index (κ1) is 107. The molecule has 47 nitrogen and oxygen atoms in total. The molecule has 11 N–H and O–H groups in total. The molecular formula is C81H135BrN14O33. The fourth-order valence-corrected chi connectivity index (χ4v) is 15.1. The number of amides is 5. The lowest BCUT2D eigenvalue weighted by Crippen LogP contribution is -2.66. The molecule has 48 heteroatoms. The van der Waals surface area contributed by atoms with Crippen LogP contribution in [-0.2, 0) is 168 Å². The number of unbranched alkanes of at least 4 members (excludes halogenated alkanes) is 5. The second kappa shape index (κ2) is 58.2. The number of nitrogens with one attached hydrogen (secondary N) is 5. The largest absolute Gasteiger partial charge is 0.388 e. The summed E-state index contributed by atoms with van der Waals surface area (Å²) in [7, 11) is 0. The summed E-state index contributed by atoms with van der Waals surface area (Å²) in [5.74, 6) is -1.33. The second-order valence-electron chi connectivity index (χ2n) is 32.4. The van der Waals surface area contributed by atoms with Crippen molar-refractivity contribution < 1.29 is 159 Å². The van der Waals surface area contributed by atoms with Crippen molar-refractivity contribution in [1.29, 1.82) is 0 Å². The quantitative estimate of drug-likeness (QED) is 0.0191. The van der Waals surface area contributed by atoms with Crippen molar-refractivity contribution in [3.8, 4) is 0 Å². The number of ketones is 1. The van der Waals surface area contributed by atoms with Crippen LogP contribution in [0.4, 0.5) is 0 Å². The molecule has 0 spiro atoms. The van der Waals surface area contributed by atoms with Crippen LogP contribution in [-0.4, -0.2) is 417 Å². The van der Waals surface area contributed by atoms with Gasteiger partial charge in [-0.15, -0.1) is 15.3 Å². The Labute approximate surface area is 757 Å². The Morgan fingerprint density at radius 2 is 0.713 bits per heavy atom. The number of ether oxygens (including phenoxy) is 21. The average Bonchev–Trinajstić information content (AvgIpc) is 1.62. The third-order valence-corrected chi connectivity index (χ3v) is 22.1. The number of halogens is 1. The zero-order valence-electron chi connectivity index (χ0n) is 74.1. The van der Waals surface area contributed by atoms with Crippen molar-refractivity contribution in [2.75, 3.05) is 210 Å². The number of fused-ring (bicyclic) bond motifs is 6. The summed E-state index contributed by atoms with van der Waals surface area (Å²) >= 11 is 3.14. The maximum Gasteiger partial charge on any atom is 0.230 e. The van der Waals surface area contributed by atoms with E-state index >= 15 is 0 Å². The fourth-order valence-electron chi connectivity index (χ4n) is 14.9. The molecule has 6 bridgehead atoms. The summed E-state index contributed by atoms with van der Waals surface area (Å²) in [5.41, 5.74) is -3.58. The zero-order valence-corrected chi connectivity index (χ0v) is 75.7. The van der Waals surface area contributed by atoms with E-state index in [2.05, 4.69) is 73.5 Å². The Morgan fingerprint density at radius 3 is 1.08 bits per heavy atom. The third-order valence-electron chi connectivity index (χ3n) is 21.6. The number of carbonyl (C=O) groups is 6. The van der Waals surface area contributed by atoms with Crippen molar-refractivity contribution in [2.45, 2.75) is 233 Å². The number of aromatic nitrogens is 9. The topological polar surface area (TPSA) is 570 Å². The van der Waals surface area contributed by atoms with Gasteiger partial charge in [0.05, 0.1) is 235 Å². The van der Waals surface area contributed by atoms with E-state index in [0.717, 1.165) is 25.7 Å². The molecule has 129 heavy (non-hydrogen) atoms. The summed E-state index contributed by atoms with van der Waals surface area (Å²) in [6.07, 6.45) is 2.07. The molecule has 0 aliphatic carbocycles. The van der Waals surface area contributed by atoms with Crippen molar-refractivity contribution in [2.24, 2.45) is 0 Å². The normalized spacial score (nSPS) is 25.2. The van der Waals surface area contributed by atoms with Crippen LogP contribution in [0.15, 0.2) is 18.6 Å². The number of aryl methyl sites for hydroxylation is 1. The number of hydrogen-bond acceptors (Lipinski definition) is 39. The maximum atomic E-state index is 14.2. The number of carbonyl (C=O) groups excluding carboxylic acids is 6. The van der Waals surface area contributed by atoms with E-state index in [0.29, 0.717) is 174 Å². The number of nitrogens with zero attached hydrogens (tertiary/aromatic N) is 9. The molecule has 15 atom stereocenters. The van der Waals surface area contributed by atoms with Crippen molar-refractivity contribution in [3.05, 3.63) is 35.7 Å². The predicted molar refractivity (Wildman–Crippen MR) is 446 cm³/mol. The molecule has 0 aromatic carbocycles. The van der Waals surface area contributed by atoms with Crippen molar-refractivity contribution in [1.82, 2.24) is 71.6 Å². The van der Waals surface area contributed by atoms with E-state index in [1.54, 1.807) is 32.6 Å². The van der Waals surface area contributed by atoms with E-state index in [-0.39, 0.29) is 167 Å². The van der Waals surface area contributed by atoms with E-state index in [1.807, 2.05) is 0 Å². The van der Waals surface area contributed by atoms with E-state index in [1.165, 1.54) is 20.8 Å².